The van der Waals surface area contributed by atoms with Crippen molar-refractivity contribution in [2.24, 2.45) is 21.8 Å². The van der Waals surface area contributed by atoms with Crippen molar-refractivity contribution in [3.05, 3.63) is 65.0 Å². The number of ether oxygens (including phenoxy) is 3. The summed E-state index contributed by atoms with van der Waals surface area (Å²) in [6.07, 6.45) is 8.94. The smallest absolute Gasteiger partial charge is 0.332 e. The summed E-state index contributed by atoms with van der Waals surface area (Å²) in [5.41, 5.74) is 2.41. The number of esters is 2. The maximum absolute atomic E-state index is 14.9. The van der Waals surface area contributed by atoms with Crippen LogP contribution in [-0.4, -0.2) is 49.5 Å². The summed E-state index contributed by atoms with van der Waals surface area (Å²) < 4.78 is 58.4. The van der Waals surface area contributed by atoms with E-state index in [1.807, 2.05) is 32.1 Å². The first-order valence-electron chi connectivity index (χ1n) is 15.0. The number of aliphatic imine (C=N–C) groups is 2. The van der Waals surface area contributed by atoms with E-state index in [1.165, 1.54) is 25.0 Å². The molecule has 1 saturated carbocycles. The van der Waals surface area contributed by atoms with Crippen molar-refractivity contribution in [3.63, 3.8) is 0 Å². The van der Waals surface area contributed by atoms with Gasteiger partial charge in [0.1, 0.15) is 11.7 Å². The Hall–Kier alpha value is -3.69. The lowest BCUT2D eigenvalue weighted by molar-refractivity contribution is -0.146. The fourth-order valence-corrected chi connectivity index (χ4v) is 5.12. The van der Waals surface area contributed by atoms with Crippen LogP contribution in [0.5, 0.6) is 0 Å². The van der Waals surface area contributed by atoms with E-state index in [4.69, 9.17) is 14.2 Å². The van der Waals surface area contributed by atoms with Crippen LogP contribution in [0.4, 0.5) is 13.2 Å². The third kappa shape index (κ3) is 8.67. The van der Waals surface area contributed by atoms with Gasteiger partial charge >= 0.3 is 11.9 Å². The second kappa shape index (κ2) is 15.2. The second-order valence-electron chi connectivity index (χ2n) is 11.0. The zero-order valence-electron chi connectivity index (χ0n) is 24.9. The van der Waals surface area contributed by atoms with Crippen molar-refractivity contribution in [1.82, 2.24) is 0 Å². The highest BCUT2D eigenvalue weighted by Gasteiger charge is 2.41. The van der Waals surface area contributed by atoms with Gasteiger partial charge in [0.15, 0.2) is 5.84 Å². The minimum atomic E-state index is -2.96. The molecule has 2 heterocycles. The first-order valence-corrected chi connectivity index (χ1v) is 15.0. The summed E-state index contributed by atoms with van der Waals surface area (Å²) in [6, 6.07) is 4.72. The molecule has 0 spiro atoms. The molecule has 0 N–H and O–H groups in total. The Morgan fingerprint density at radius 1 is 1.21 bits per heavy atom. The standard InChI is InChI=1S/C33H39F3N2O5/c1-4-6-10-22(5-2)25-15-14-23(18-26(25)34)20(3)33(40)42-17-8-16-41-31-28-24(11-7-9-21-12-13-21)19-27(39)43-32(28)38-30(37-31)29(35)36/h5-6,10,14-15,18-21,28-29,32H,4,7-9,11-13,16-17H2,1-3H3. The van der Waals surface area contributed by atoms with E-state index in [9.17, 15) is 22.8 Å². The Balaban J connectivity index is 1.31. The van der Waals surface area contributed by atoms with Gasteiger partial charge in [-0.25, -0.2) is 23.0 Å². The molecule has 2 aliphatic heterocycles. The van der Waals surface area contributed by atoms with E-state index >= 15 is 0 Å². The highest BCUT2D eigenvalue weighted by Crippen LogP contribution is 2.37. The van der Waals surface area contributed by atoms with Crippen LogP contribution in [0.1, 0.15) is 82.8 Å². The summed E-state index contributed by atoms with van der Waals surface area (Å²) in [5.74, 6) is -2.94. The maximum atomic E-state index is 14.9. The van der Waals surface area contributed by atoms with E-state index in [-0.39, 0.29) is 25.5 Å². The number of amidine groups is 1. The third-order valence-electron chi connectivity index (χ3n) is 7.73. The average molecular weight is 601 g/mol. The lowest BCUT2D eigenvalue weighted by atomic mass is 9.89. The van der Waals surface area contributed by atoms with Crippen LogP contribution in [0.25, 0.3) is 5.57 Å². The number of rotatable bonds is 14. The van der Waals surface area contributed by atoms with Gasteiger partial charge in [-0.1, -0.05) is 56.5 Å². The molecule has 232 valence electrons. The Morgan fingerprint density at radius 2 is 2.00 bits per heavy atom. The second-order valence-corrected chi connectivity index (χ2v) is 11.0. The van der Waals surface area contributed by atoms with Crippen LogP contribution in [0.15, 0.2) is 58.1 Å². The summed E-state index contributed by atoms with van der Waals surface area (Å²) in [5, 5.41) is 0. The molecule has 1 aromatic rings. The highest BCUT2D eigenvalue weighted by atomic mass is 19.3. The van der Waals surface area contributed by atoms with E-state index in [0.717, 1.165) is 24.8 Å². The summed E-state index contributed by atoms with van der Waals surface area (Å²) >= 11 is 0. The summed E-state index contributed by atoms with van der Waals surface area (Å²) in [6.45, 7) is 5.52. The molecule has 3 aliphatic rings. The molecule has 43 heavy (non-hydrogen) atoms. The molecule has 0 saturated heterocycles. The molecule has 1 fully saturated rings. The Kier molecular flexibility index (Phi) is 11.4. The van der Waals surface area contributed by atoms with E-state index < -0.39 is 48.1 Å². The molecule has 4 rings (SSSR count). The van der Waals surface area contributed by atoms with Crippen LogP contribution in [0.3, 0.4) is 0 Å². The molecular weight excluding hydrogens is 561 g/mol. The van der Waals surface area contributed by atoms with Crippen molar-refractivity contribution in [2.75, 3.05) is 13.2 Å². The molecule has 10 heteroatoms. The molecule has 3 unspecified atom stereocenters. The number of alkyl halides is 2. The fourth-order valence-electron chi connectivity index (χ4n) is 5.12. The predicted octanol–water partition coefficient (Wildman–Crippen LogP) is 7.33. The average Bonchev–Trinajstić information content (AvgIpc) is 3.81. The topological polar surface area (TPSA) is 86.6 Å². The Labute approximate surface area is 250 Å². The van der Waals surface area contributed by atoms with Gasteiger partial charge in [-0.2, -0.15) is 4.99 Å². The quantitative estimate of drug-likeness (QED) is 0.127. The first kappa shape index (κ1) is 32.2. The van der Waals surface area contributed by atoms with Gasteiger partial charge in [0, 0.05) is 18.1 Å². The number of nitrogens with zero attached hydrogens (tertiary/aromatic N) is 2. The monoisotopic (exact) mass is 600 g/mol. The molecule has 0 amide bonds. The number of hydrogen-bond acceptors (Lipinski definition) is 7. The Morgan fingerprint density at radius 3 is 2.67 bits per heavy atom. The van der Waals surface area contributed by atoms with Gasteiger partial charge in [-0.15, -0.1) is 0 Å². The number of allylic oxidation sites excluding steroid dienone is 4. The van der Waals surface area contributed by atoms with Crippen molar-refractivity contribution < 1.29 is 37.0 Å². The van der Waals surface area contributed by atoms with Crippen LogP contribution in [-0.2, 0) is 23.8 Å². The third-order valence-corrected chi connectivity index (χ3v) is 7.73. The minimum Gasteiger partial charge on any atom is -0.480 e. The molecule has 7 nitrogen and oxygen atoms in total. The number of hydrogen-bond donors (Lipinski definition) is 0. The number of benzene rings is 1. The molecule has 3 atom stereocenters. The summed E-state index contributed by atoms with van der Waals surface area (Å²) in [4.78, 5) is 32.7. The number of carbonyl (C=O) groups is 2. The number of carbonyl (C=O) groups excluding carboxylic acids is 2. The fraction of sp³-hybridized carbons (Fsp3) is 0.515. The van der Waals surface area contributed by atoms with Crippen LogP contribution >= 0.6 is 0 Å². The van der Waals surface area contributed by atoms with Gasteiger partial charge in [0.25, 0.3) is 6.43 Å². The zero-order valence-corrected chi connectivity index (χ0v) is 24.9. The SMILES string of the molecule is CC=C(C=CCC)c1ccc(C(C)C(=O)OCCCOC2=NC(C(F)F)=NC3OC(=O)C=C(CCCC4CC4)C23)cc1F. The lowest BCUT2D eigenvalue weighted by Crippen LogP contribution is -2.42. The largest absolute Gasteiger partial charge is 0.480 e. The maximum Gasteiger partial charge on any atom is 0.332 e. The van der Waals surface area contributed by atoms with E-state index in [2.05, 4.69) is 9.98 Å². The van der Waals surface area contributed by atoms with Crippen LogP contribution in [0.2, 0.25) is 0 Å². The van der Waals surface area contributed by atoms with Gasteiger partial charge in [-0.05, 0) is 61.8 Å². The van der Waals surface area contributed by atoms with E-state index in [0.29, 0.717) is 29.0 Å². The Bertz CT molecular complexity index is 1330. The summed E-state index contributed by atoms with van der Waals surface area (Å²) in [7, 11) is 0. The number of fused-ring (bicyclic) bond motifs is 1. The lowest BCUT2D eigenvalue weighted by Gasteiger charge is -2.33. The first-order chi connectivity index (χ1) is 20.7. The van der Waals surface area contributed by atoms with Crippen molar-refractivity contribution >= 4 is 29.2 Å². The van der Waals surface area contributed by atoms with Gasteiger partial charge in [0.2, 0.25) is 12.1 Å². The molecular formula is C33H39F3N2O5. The molecule has 0 radical (unpaired) electrons. The molecule has 0 bridgehead atoms. The highest BCUT2D eigenvalue weighted by molar-refractivity contribution is 6.01. The van der Waals surface area contributed by atoms with Crippen LogP contribution in [0, 0.1) is 17.7 Å². The van der Waals surface area contributed by atoms with Crippen molar-refractivity contribution in [3.8, 4) is 0 Å². The predicted molar refractivity (Wildman–Crippen MR) is 158 cm³/mol. The van der Waals surface area contributed by atoms with Crippen LogP contribution < -0.4 is 0 Å². The molecule has 1 aromatic carbocycles. The normalized spacial score (nSPS) is 21.1. The molecule has 0 aromatic heterocycles. The molecule has 1 aliphatic carbocycles. The van der Waals surface area contributed by atoms with Gasteiger partial charge in [-0.3, -0.25) is 4.79 Å². The van der Waals surface area contributed by atoms with Gasteiger partial charge in [0.05, 0.1) is 19.1 Å². The van der Waals surface area contributed by atoms with Crippen molar-refractivity contribution in [2.45, 2.75) is 84.3 Å². The van der Waals surface area contributed by atoms with E-state index in [1.54, 1.807) is 19.1 Å². The van der Waals surface area contributed by atoms with Gasteiger partial charge < -0.3 is 14.2 Å². The zero-order chi connectivity index (χ0) is 30.9. The minimum absolute atomic E-state index is 0.00448. The van der Waals surface area contributed by atoms with Crippen molar-refractivity contribution in [1.29, 1.82) is 0 Å². The number of halogens is 3.